The standard InChI is InChI=1S/C25H27F2N3O4S/c1-35(32,33)23-9-15(16-3-2-8-34-13-16)6-7-18(23)29-19-10-17(11-22(31)14-4-5-14)28-20-12-21(25(26)27)30-24(19)20/h6-7,9-10,14,16,25H,2-5,8,11-13H2,1H3,(H,28,29). The Balaban J connectivity index is 1.53. The quantitative estimate of drug-likeness (QED) is 0.568. The fourth-order valence-corrected chi connectivity index (χ4v) is 5.51. The van der Waals surface area contributed by atoms with Gasteiger partial charge in [-0.1, -0.05) is 6.07 Å². The van der Waals surface area contributed by atoms with Gasteiger partial charge in [0.25, 0.3) is 6.43 Å². The van der Waals surface area contributed by atoms with Crippen LogP contribution in [0, 0.1) is 5.92 Å². The van der Waals surface area contributed by atoms with Crippen molar-refractivity contribution in [2.45, 2.75) is 55.8 Å². The SMILES string of the molecule is CS(=O)(=O)c1cc(C2CCCOC2)ccc1Nc1cc(CC(=O)C2CC2)nc2c1N=C(C(F)F)C2. The van der Waals surface area contributed by atoms with E-state index in [2.05, 4.69) is 15.3 Å². The molecule has 186 valence electrons. The van der Waals surface area contributed by atoms with Crippen molar-refractivity contribution in [1.29, 1.82) is 0 Å². The van der Waals surface area contributed by atoms with E-state index in [0.717, 1.165) is 37.5 Å². The maximum absolute atomic E-state index is 13.4. The summed E-state index contributed by atoms with van der Waals surface area (Å²) < 4.78 is 57.8. The number of pyridine rings is 1. The van der Waals surface area contributed by atoms with Crippen LogP contribution in [0.3, 0.4) is 0 Å². The van der Waals surface area contributed by atoms with Gasteiger partial charge in [-0.2, -0.15) is 0 Å². The number of ketones is 1. The predicted molar refractivity (Wildman–Crippen MR) is 128 cm³/mol. The van der Waals surface area contributed by atoms with Crippen LogP contribution in [-0.4, -0.2) is 50.8 Å². The number of alkyl halides is 2. The molecule has 7 nitrogen and oxygen atoms in total. The summed E-state index contributed by atoms with van der Waals surface area (Å²) >= 11 is 0. The molecule has 2 fully saturated rings. The highest BCUT2D eigenvalue weighted by Gasteiger charge is 2.31. The molecule has 3 heterocycles. The first-order valence-electron chi connectivity index (χ1n) is 11.8. The highest BCUT2D eigenvalue weighted by molar-refractivity contribution is 7.90. The average molecular weight is 504 g/mol. The first kappa shape index (κ1) is 24.0. The number of Topliss-reactive ketones (excluding diaryl/α,β-unsaturated/α-hetero) is 1. The van der Waals surface area contributed by atoms with E-state index in [1.807, 2.05) is 6.07 Å². The van der Waals surface area contributed by atoms with E-state index in [9.17, 15) is 22.0 Å². The van der Waals surface area contributed by atoms with Crippen LogP contribution in [0.2, 0.25) is 0 Å². The summed E-state index contributed by atoms with van der Waals surface area (Å²) in [6.07, 6.45) is 1.97. The molecule has 2 aromatic rings. The Morgan fingerprint density at radius 1 is 1.20 bits per heavy atom. The molecule has 1 atom stereocenters. The zero-order valence-electron chi connectivity index (χ0n) is 19.4. The van der Waals surface area contributed by atoms with Crippen molar-refractivity contribution in [3.8, 4) is 0 Å². The number of sulfone groups is 1. The number of carbonyl (C=O) groups excluding carboxylic acids is 1. The third kappa shape index (κ3) is 5.28. The van der Waals surface area contributed by atoms with E-state index in [1.54, 1.807) is 18.2 Å². The van der Waals surface area contributed by atoms with Gasteiger partial charge in [-0.3, -0.25) is 9.78 Å². The van der Waals surface area contributed by atoms with Crippen LogP contribution in [0.25, 0.3) is 0 Å². The smallest absolute Gasteiger partial charge is 0.277 e. The second kappa shape index (κ2) is 9.39. The van der Waals surface area contributed by atoms with Gasteiger partial charge in [0, 0.05) is 37.5 Å². The molecule has 1 aliphatic carbocycles. The van der Waals surface area contributed by atoms with Crippen molar-refractivity contribution in [2.24, 2.45) is 10.9 Å². The number of nitrogens with zero attached hydrogens (tertiary/aromatic N) is 2. The van der Waals surface area contributed by atoms with E-state index < -0.39 is 16.3 Å². The van der Waals surface area contributed by atoms with Crippen molar-refractivity contribution in [3.63, 3.8) is 0 Å². The van der Waals surface area contributed by atoms with Crippen LogP contribution in [0.15, 0.2) is 34.2 Å². The number of aromatic nitrogens is 1. The summed E-state index contributed by atoms with van der Waals surface area (Å²) in [5.74, 6) is 0.233. The number of hydrogen-bond acceptors (Lipinski definition) is 7. The first-order valence-corrected chi connectivity index (χ1v) is 13.7. The van der Waals surface area contributed by atoms with Gasteiger partial charge in [0.2, 0.25) is 0 Å². The molecule has 3 aliphatic rings. The number of nitrogens with one attached hydrogen (secondary N) is 1. The molecule has 0 amide bonds. The Morgan fingerprint density at radius 3 is 2.66 bits per heavy atom. The lowest BCUT2D eigenvalue weighted by atomic mass is 9.93. The highest BCUT2D eigenvalue weighted by Crippen LogP contribution is 2.40. The van der Waals surface area contributed by atoms with Crippen molar-refractivity contribution in [3.05, 3.63) is 41.2 Å². The largest absolute Gasteiger partial charge is 0.381 e. The van der Waals surface area contributed by atoms with Crippen LogP contribution in [0.1, 0.15) is 48.6 Å². The van der Waals surface area contributed by atoms with Crippen molar-refractivity contribution in [1.82, 2.24) is 4.98 Å². The van der Waals surface area contributed by atoms with Crippen molar-refractivity contribution >= 4 is 38.4 Å². The van der Waals surface area contributed by atoms with E-state index in [-0.39, 0.29) is 46.8 Å². The molecule has 2 aliphatic heterocycles. The lowest BCUT2D eigenvalue weighted by Gasteiger charge is -2.23. The van der Waals surface area contributed by atoms with E-state index in [1.165, 1.54) is 0 Å². The molecule has 1 saturated heterocycles. The summed E-state index contributed by atoms with van der Waals surface area (Å²) in [7, 11) is -3.61. The first-order chi connectivity index (χ1) is 16.7. The number of hydrogen-bond donors (Lipinski definition) is 1. The predicted octanol–water partition coefficient (Wildman–Crippen LogP) is 4.54. The lowest BCUT2D eigenvalue weighted by Crippen LogP contribution is -2.16. The summed E-state index contributed by atoms with van der Waals surface area (Å²) in [5, 5.41) is 3.11. The third-order valence-electron chi connectivity index (χ3n) is 6.67. The lowest BCUT2D eigenvalue weighted by molar-refractivity contribution is -0.119. The van der Waals surface area contributed by atoms with Crippen LogP contribution >= 0.6 is 0 Å². The molecule has 0 bridgehead atoms. The average Bonchev–Trinajstić information content (AvgIpc) is 3.58. The Bertz CT molecular complexity index is 1300. The number of anilines is 2. The minimum atomic E-state index is -3.61. The molecule has 35 heavy (non-hydrogen) atoms. The normalized spacial score (nSPS) is 20.0. The van der Waals surface area contributed by atoms with Crippen LogP contribution in [0.4, 0.5) is 25.8 Å². The summed E-state index contributed by atoms with van der Waals surface area (Å²) in [6.45, 7) is 1.24. The number of aliphatic imine (C=N–C) groups is 1. The van der Waals surface area contributed by atoms with E-state index >= 15 is 0 Å². The molecule has 1 saturated carbocycles. The van der Waals surface area contributed by atoms with Gasteiger partial charge < -0.3 is 10.1 Å². The highest BCUT2D eigenvalue weighted by atomic mass is 32.2. The minimum absolute atomic E-state index is 0.0440. The number of benzene rings is 1. The monoisotopic (exact) mass is 503 g/mol. The molecule has 1 unspecified atom stereocenters. The second-order valence-electron chi connectivity index (χ2n) is 9.52. The second-order valence-corrected chi connectivity index (χ2v) is 11.5. The van der Waals surface area contributed by atoms with Gasteiger partial charge in [-0.15, -0.1) is 0 Å². The molecular weight excluding hydrogens is 476 g/mol. The van der Waals surface area contributed by atoms with Crippen LogP contribution in [-0.2, 0) is 32.2 Å². The summed E-state index contributed by atoms with van der Waals surface area (Å²) in [6, 6.07) is 6.83. The van der Waals surface area contributed by atoms with Gasteiger partial charge >= 0.3 is 0 Å². The van der Waals surface area contributed by atoms with Crippen LogP contribution < -0.4 is 5.32 Å². The van der Waals surface area contributed by atoms with Gasteiger partial charge in [0.1, 0.15) is 11.5 Å². The zero-order valence-corrected chi connectivity index (χ0v) is 20.2. The molecule has 0 radical (unpaired) electrons. The third-order valence-corrected chi connectivity index (χ3v) is 7.80. The molecule has 1 N–H and O–H groups in total. The van der Waals surface area contributed by atoms with Gasteiger partial charge in [-0.05, 0) is 49.4 Å². The summed E-state index contributed by atoms with van der Waals surface area (Å²) in [4.78, 5) is 21.0. The van der Waals surface area contributed by atoms with Crippen LogP contribution in [0.5, 0.6) is 0 Å². The zero-order chi connectivity index (χ0) is 24.7. The number of carbonyl (C=O) groups is 1. The Morgan fingerprint density at radius 2 is 2.00 bits per heavy atom. The molecule has 10 heteroatoms. The summed E-state index contributed by atoms with van der Waals surface area (Å²) in [5.41, 5.74) is 2.35. The topological polar surface area (TPSA) is 97.7 Å². The number of fused-ring (bicyclic) bond motifs is 1. The number of ether oxygens (including phenoxy) is 1. The molecular formula is C25H27F2N3O4S. The molecule has 1 aromatic heterocycles. The minimum Gasteiger partial charge on any atom is -0.381 e. The van der Waals surface area contributed by atoms with Crippen molar-refractivity contribution < 1.29 is 26.7 Å². The van der Waals surface area contributed by atoms with E-state index in [4.69, 9.17) is 4.74 Å². The number of rotatable bonds is 8. The Hall–Kier alpha value is -2.72. The maximum atomic E-state index is 13.4. The van der Waals surface area contributed by atoms with Gasteiger partial charge in [0.05, 0.1) is 40.0 Å². The molecule has 5 rings (SSSR count). The Kier molecular flexibility index (Phi) is 6.43. The Labute approximate surface area is 202 Å². The van der Waals surface area contributed by atoms with Gasteiger partial charge in [0.15, 0.2) is 9.84 Å². The molecule has 1 aromatic carbocycles. The van der Waals surface area contributed by atoms with Gasteiger partial charge in [-0.25, -0.2) is 22.2 Å². The van der Waals surface area contributed by atoms with E-state index in [0.29, 0.717) is 36.0 Å². The number of halogens is 2. The fraction of sp³-hybridized carbons (Fsp3) is 0.480. The molecule has 0 spiro atoms. The maximum Gasteiger partial charge on any atom is 0.277 e. The fourth-order valence-electron chi connectivity index (χ4n) is 4.64. The van der Waals surface area contributed by atoms with Crippen molar-refractivity contribution in [2.75, 3.05) is 24.8 Å².